The van der Waals surface area contributed by atoms with E-state index in [9.17, 15) is 40.3 Å². The van der Waals surface area contributed by atoms with Crippen molar-refractivity contribution in [3.8, 4) is 0 Å². The average Bonchev–Trinajstić information content (AvgIpc) is 3.21. The highest BCUT2D eigenvalue weighted by atomic mass is 31.1. The minimum absolute atomic E-state index is 0.0296. The van der Waals surface area contributed by atoms with Gasteiger partial charge in [0.1, 0.15) is 5.82 Å². The molecule has 2 saturated heterocycles. The predicted molar refractivity (Wildman–Crippen MR) is 103 cm³/mol. The molecular weight excluding hydrogens is 478 g/mol. The largest absolute Gasteiger partial charge is 0.416 e. The highest BCUT2D eigenvalue weighted by molar-refractivity contribution is 7.63. The molecule has 12 heteroatoms. The molecule has 0 aliphatic carbocycles. The molecule has 0 aromatic heterocycles. The molecule has 2 aromatic rings. The van der Waals surface area contributed by atoms with Crippen LogP contribution >= 0.6 is 8.58 Å². The third-order valence-corrected chi connectivity index (χ3v) is 7.00. The Hall–Kier alpha value is -2.52. The summed E-state index contributed by atoms with van der Waals surface area (Å²) in [5.74, 6) is -2.38. The first-order valence-electron chi connectivity index (χ1n) is 9.61. The van der Waals surface area contributed by atoms with Gasteiger partial charge in [-0.25, -0.2) is 4.39 Å². The van der Waals surface area contributed by atoms with Crippen molar-refractivity contribution in [2.24, 2.45) is 0 Å². The molecule has 4 unspecified atom stereocenters. The van der Waals surface area contributed by atoms with Crippen LogP contribution in [0, 0.1) is 5.82 Å². The first-order valence-corrected chi connectivity index (χ1v) is 10.7. The topological polar surface area (TPSA) is 46.6 Å². The number of benzene rings is 2. The van der Waals surface area contributed by atoms with Crippen LogP contribution in [-0.2, 0) is 33.3 Å². The Bertz CT molecular complexity index is 1050. The summed E-state index contributed by atoms with van der Waals surface area (Å²) in [5.41, 5.74) is -3.28. The molecule has 176 valence electrons. The number of hydrogen-bond donors (Lipinski definition) is 0. The van der Waals surface area contributed by atoms with Gasteiger partial charge in [-0.15, -0.1) is 0 Å². The van der Waals surface area contributed by atoms with Crippen molar-refractivity contribution in [2.75, 3.05) is 6.54 Å². The molecule has 1 amide bonds. The van der Waals surface area contributed by atoms with E-state index in [2.05, 4.69) is 0 Å². The molecular formula is C21H15F7NO3P. The van der Waals surface area contributed by atoms with Gasteiger partial charge in [0, 0.05) is 12.5 Å². The van der Waals surface area contributed by atoms with Crippen LogP contribution < -0.4 is 0 Å². The number of rotatable bonds is 4. The summed E-state index contributed by atoms with van der Waals surface area (Å²) in [6.45, 7) is -0.642. The van der Waals surface area contributed by atoms with E-state index < -0.39 is 73.7 Å². The smallest absolute Gasteiger partial charge is 0.371 e. The van der Waals surface area contributed by atoms with E-state index in [0.717, 1.165) is 0 Å². The zero-order chi connectivity index (χ0) is 24.1. The quantitative estimate of drug-likeness (QED) is 0.345. The van der Waals surface area contributed by atoms with Gasteiger partial charge in [0.25, 0.3) is 5.91 Å². The second kappa shape index (κ2) is 8.36. The number of ether oxygens (including phenoxy) is 1. The summed E-state index contributed by atoms with van der Waals surface area (Å²) >= 11 is 0. The number of alkyl halides is 6. The number of amides is 1. The fourth-order valence-corrected chi connectivity index (χ4v) is 5.57. The zero-order valence-electron chi connectivity index (χ0n) is 16.5. The zero-order valence-corrected chi connectivity index (χ0v) is 17.5. The van der Waals surface area contributed by atoms with E-state index in [0.29, 0.717) is 17.7 Å². The molecule has 0 saturated carbocycles. The minimum atomic E-state index is -4.99. The molecule has 2 aliphatic rings. The number of carbonyl (C=O) groups is 2. The molecule has 4 rings (SSSR count). The molecule has 2 aromatic carbocycles. The van der Waals surface area contributed by atoms with Crippen molar-refractivity contribution in [2.45, 2.75) is 36.8 Å². The summed E-state index contributed by atoms with van der Waals surface area (Å²) in [6.07, 6.45) is -10.8. The lowest BCUT2D eigenvalue weighted by Gasteiger charge is -2.23. The summed E-state index contributed by atoms with van der Waals surface area (Å²) in [6, 6.07) is 6.44. The normalized spacial score (nSPS) is 24.1. The highest BCUT2D eigenvalue weighted by Crippen LogP contribution is 2.49. The van der Waals surface area contributed by atoms with E-state index >= 15 is 0 Å². The monoisotopic (exact) mass is 493 g/mol. The maximum Gasteiger partial charge on any atom is 0.416 e. The van der Waals surface area contributed by atoms with Gasteiger partial charge in [-0.2, -0.15) is 26.3 Å². The molecule has 4 atom stereocenters. The van der Waals surface area contributed by atoms with Crippen LogP contribution in [0.5, 0.6) is 0 Å². The van der Waals surface area contributed by atoms with Gasteiger partial charge < -0.3 is 9.64 Å². The molecule has 0 N–H and O–H groups in total. The van der Waals surface area contributed by atoms with Crippen molar-refractivity contribution >= 4 is 20.0 Å². The Balaban J connectivity index is 1.62. The SMILES string of the molecule is O=C1PC2C(c3ccc(F)cc3)C(OCc3cc(C(F)(F)F)cc(C(F)(F)F)c3)CN2C1=O. The average molecular weight is 493 g/mol. The van der Waals surface area contributed by atoms with Crippen molar-refractivity contribution < 1.29 is 45.1 Å². The molecule has 0 spiro atoms. The van der Waals surface area contributed by atoms with E-state index in [-0.39, 0.29) is 18.2 Å². The van der Waals surface area contributed by atoms with Crippen molar-refractivity contribution in [1.82, 2.24) is 4.90 Å². The van der Waals surface area contributed by atoms with Crippen LogP contribution in [0.1, 0.15) is 28.2 Å². The first-order chi connectivity index (χ1) is 15.3. The molecule has 0 bridgehead atoms. The Morgan fingerprint density at radius 1 is 0.939 bits per heavy atom. The van der Waals surface area contributed by atoms with Crippen molar-refractivity contribution in [1.29, 1.82) is 0 Å². The number of carbonyl (C=O) groups excluding carboxylic acids is 2. The third kappa shape index (κ3) is 4.75. The lowest BCUT2D eigenvalue weighted by Crippen LogP contribution is -2.30. The van der Waals surface area contributed by atoms with Crippen LogP contribution in [0.15, 0.2) is 42.5 Å². The fraction of sp³-hybridized carbons (Fsp3) is 0.333. The first kappa shape index (κ1) is 23.6. The molecule has 2 heterocycles. The van der Waals surface area contributed by atoms with E-state index in [4.69, 9.17) is 4.74 Å². The van der Waals surface area contributed by atoms with Crippen LogP contribution in [0.25, 0.3) is 0 Å². The van der Waals surface area contributed by atoms with Crippen LogP contribution in [0.4, 0.5) is 30.7 Å². The third-order valence-electron chi connectivity index (χ3n) is 5.55. The van der Waals surface area contributed by atoms with E-state index in [1.54, 1.807) is 0 Å². The number of fused-ring (bicyclic) bond motifs is 1. The molecule has 4 nitrogen and oxygen atoms in total. The maximum absolute atomic E-state index is 13.4. The number of halogens is 7. The fourth-order valence-electron chi connectivity index (χ4n) is 4.07. The van der Waals surface area contributed by atoms with E-state index in [1.807, 2.05) is 0 Å². The highest BCUT2D eigenvalue weighted by Gasteiger charge is 2.52. The van der Waals surface area contributed by atoms with Gasteiger partial charge in [-0.3, -0.25) is 9.59 Å². The predicted octanol–water partition coefficient (Wildman–Crippen LogP) is 4.92. The lowest BCUT2D eigenvalue weighted by atomic mass is 9.95. The summed E-state index contributed by atoms with van der Waals surface area (Å²) in [7, 11) is -0.396. The van der Waals surface area contributed by atoms with Gasteiger partial charge >= 0.3 is 12.4 Å². The van der Waals surface area contributed by atoms with Gasteiger partial charge in [-0.05, 0) is 50.0 Å². The van der Waals surface area contributed by atoms with Gasteiger partial charge in [0.15, 0.2) is 0 Å². The summed E-state index contributed by atoms with van der Waals surface area (Å²) in [5, 5.41) is 0. The van der Waals surface area contributed by atoms with Crippen LogP contribution in [0.2, 0.25) is 0 Å². The number of hydrogen-bond acceptors (Lipinski definition) is 3. The lowest BCUT2D eigenvalue weighted by molar-refractivity contribution is -0.143. The molecule has 33 heavy (non-hydrogen) atoms. The van der Waals surface area contributed by atoms with Gasteiger partial charge in [0.2, 0.25) is 5.52 Å². The molecule has 2 fully saturated rings. The van der Waals surface area contributed by atoms with Crippen molar-refractivity contribution in [3.05, 3.63) is 70.5 Å². The minimum Gasteiger partial charge on any atom is -0.371 e. The standard InChI is InChI=1S/C21H15F7NO3P/c22-14-3-1-11(2-4-14)16-15(8-29-17(30)19(31)33-18(16)29)32-9-10-5-12(20(23,24)25)7-13(6-10)21(26,27)28/h1-7,15-16,18,33H,8-9H2. The summed E-state index contributed by atoms with van der Waals surface area (Å²) in [4.78, 5) is 25.3. The van der Waals surface area contributed by atoms with Crippen LogP contribution in [0.3, 0.4) is 0 Å². The Morgan fingerprint density at radius 3 is 2.06 bits per heavy atom. The number of nitrogens with zero attached hydrogens (tertiary/aromatic N) is 1. The van der Waals surface area contributed by atoms with Crippen LogP contribution in [-0.4, -0.2) is 34.8 Å². The molecule has 2 aliphatic heterocycles. The second-order valence-corrected chi connectivity index (χ2v) is 9.05. The Kier molecular flexibility index (Phi) is 5.99. The van der Waals surface area contributed by atoms with E-state index in [1.165, 1.54) is 29.2 Å². The summed E-state index contributed by atoms with van der Waals surface area (Å²) < 4.78 is 97.8. The van der Waals surface area contributed by atoms with Gasteiger partial charge in [-0.1, -0.05) is 12.1 Å². The van der Waals surface area contributed by atoms with Gasteiger partial charge in [0.05, 0.1) is 29.6 Å². The maximum atomic E-state index is 13.4. The second-order valence-electron chi connectivity index (χ2n) is 7.72. The molecule has 0 radical (unpaired) electrons. The Labute approximate surface area is 184 Å². The van der Waals surface area contributed by atoms with Crippen molar-refractivity contribution in [3.63, 3.8) is 0 Å². The Morgan fingerprint density at radius 2 is 1.52 bits per heavy atom.